The van der Waals surface area contributed by atoms with Crippen LogP contribution in [0.2, 0.25) is 0 Å². The molecule has 0 atom stereocenters. The summed E-state index contributed by atoms with van der Waals surface area (Å²) in [6, 6.07) is 3.18. The largest absolute Gasteiger partial charge is 0.494 e. The topological polar surface area (TPSA) is 9.23 Å². The molecule has 0 amide bonds. The Morgan fingerprint density at radius 2 is 1.79 bits per heavy atom. The van der Waals surface area contributed by atoms with Gasteiger partial charge in [-0.3, -0.25) is 0 Å². The van der Waals surface area contributed by atoms with Gasteiger partial charge in [-0.15, -0.1) is 0 Å². The summed E-state index contributed by atoms with van der Waals surface area (Å²) in [5.74, 6) is -0.914. The average Bonchev–Trinajstić information content (AvgIpc) is 2.43. The van der Waals surface area contributed by atoms with Gasteiger partial charge in [-0.1, -0.05) is 18.2 Å². The zero-order valence-electron chi connectivity index (χ0n) is 11.5. The third kappa shape index (κ3) is 2.96. The first kappa shape index (κ1) is 14.0. The molecule has 0 aliphatic heterocycles. The number of benzene rings is 1. The molecule has 1 saturated carbocycles. The molecular weight excluding hydrogens is 246 g/mol. The van der Waals surface area contributed by atoms with Crippen LogP contribution in [0.5, 0.6) is 5.75 Å². The minimum absolute atomic E-state index is 0.0242. The van der Waals surface area contributed by atoms with E-state index in [2.05, 4.69) is 12.2 Å². The maximum Gasteiger partial charge on any atom is 0.200 e. The summed E-state index contributed by atoms with van der Waals surface area (Å²) in [6.45, 7) is 2.02. The molecule has 0 N–H and O–H groups in total. The van der Waals surface area contributed by atoms with Crippen molar-refractivity contribution in [2.45, 2.75) is 38.5 Å². The van der Waals surface area contributed by atoms with Crippen molar-refractivity contribution in [2.24, 2.45) is 5.92 Å². The van der Waals surface area contributed by atoms with Crippen molar-refractivity contribution in [2.75, 3.05) is 7.11 Å². The van der Waals surface area contributed by atoms with Gasteiger partial charge in [0.05, 0.1) is 7.11 Å². The van der Waals surface area contributed by atoms with Crippen molar-refractivity contribution in [1.29, 1.82) is 0 Å². The van der Waals surface area contributed by atoms with Crippen LogP contribution in [0, 0.1) is 17.6 Å². The van der Waals surface area contributed by atoms with E-state index in [0.29, 0.717) is 11.5 Å². The lowest BCUT2D eigenvalue weighted by molar-refractivity contribution is 0.349. The second kappa shape index (κ2) is 6.18. The molecule has 1 aliphatic carbocycles. The van der Waals surface area contributed by atoms with Crippen molar-refractivity contribution in [3.63, 3.8) is 0 Å². The highest BCUT2D eigenvalue weighted by atomic mass is 19.2. The third-order valence-electron chi connectivity index (χ3n) is 3.97. The summed E-state index contributed by atoms with van der Waals surface area (Å²) >= 11 is 0. The summed E-state index contributed by atoms with van der Waals surface area (Å²) in [5.41, 5.74) is 0.497. The van der Waals surface area contributed by atoms with Gasteiger partial charge >= 0.3 is 0 Å². The van der Waals surface area contributed by atoms with Crippen LogP contribution in [-0.2, 0) is 0 Å². The molecule has 0 spiro atoms. The Morgan fingerprint density at radius 3 is 2.37 bits per heavy atom. The smallest absolute Gasteiger partial charge is 0.200 e. The normalized spacial score (nSPS) is 23.8. The Kier molecular flexibility index (Phi) is 4.56. The van der Waals surface area contributed by atoms with E-state index in [4.69, 9.17) is 4.74 Å². The molecule has 0 saturated heterocycles. The molecule has 1 aliphatic rings. The fourth-order valence-electron chi connectivity index (χ4n) is 2.91. The molecule has 0 heterocycles. The molecule has 0 radical (unpaired) electrons. The van der Waals surface area contributed by atoms with Crippen LogP contribution in [0.15, 0.2) is 24.3 Å². The van der Waals surface area contributed by atoms with Gasteiger partial charge in [0, 0.05) is 0 Å². The van der Waals surface area contributed by atoms with E-state index in [-0.39, 0.29) is 11.7 Å². The molecule has 1 fully saturated rings. The molecule has 1 aromatic carbocycles. The first-order valence-electron chi connectivity index (χ1n) is 6.82. The number of hydrogen-bond donors (Lipinski definition) is 0. The highest BCUT2D eigenvalue weighted by Gasteiger charge is 2.25. The van der Waals surface area contributed by atoms with Crippen LogP contribution >= 0.6 is 0 Å². The Morgan fingerprint density at radius 1 is 1.11 bits per heavy atom. The van der Waals surface area contributed by atoms with E-state index in [1.54, 1.807) is 6.07 Å². The van der Waals surface area contributed by atoms with Gasteiger partial charge < -0.3 is 4.74 Å². The third-order valence-corrected chi connectivity index (χ3v) is 3.97. The van der Waals surface area contributed by atoms with Gasteiger partial charge in [-0.05, 0) is 56.1 Å². The van der Waals surface area contributed by atoms with E-state index in [1.807, 2.05) is 6.92 Å². The molecule has 1 nitrogen and oxygen atoms in total. The molecule has 3 heteroatoms. The van der Waals surface area contributed by atoms with Gasteiger partial charge in [0.1, 0.15) is 0 Å². The summed E-state index contributed by atoms with van der Waals surface area (Å²) in [7, 11) is 1.35. The van der Waals surface area contributed by atoms with E-state index in [9.17, 15) is 8.78 Å². The Labute approximate surface area is 113 Å². The lowest BCUT2D eigenvalue weighted by atomic mass is 9.78. The lowest BCUT2D eigenvalue weighted by Crippen LogP contribution is -2.13. The summed E-state index contributed by atoms with van der Waals surface area (Å²) < 4.78 is 32.5. The molecule has 104 valence electrons. The number of ether oxygens (including phenoxy) is 1. The number of hydrogen-bond acceptors (Lipinski definition) is 1. The molecule has 0 unspecified atom stereocenters. The highest BCUT2D eigenvalue weighted by molar-refractivity contribution is 5.33. The Hall–Kier alpha value is -1.38. The molecule has 0 aromatic heterocycles. The second-order valence-corrected chi connectivity index (χ2v) is 5.12. The van der Waals surface area contributed by atoms with Gasteiger partial charge in [0.15, 0.2) is 11.6 Å². The SMILES string of the molecule is C/C=C/C1CCC(c2ccc(OC)c(F)c2F)CC1. The minimum atomic E-state index is -0.865. The quantitative estimate of drug-likeness (QED) is 0.712. The maximum atomic E-state index is 14.0. The second-order valence-electron chi connectivity index (χ2n) is 5.12. The van der Waals surface area contributed by atoms with Crippen LogP contribution in [0.3, 0.4) is 0 Å². The fourth-order valence-corrected chi connectivity index (χ4v) is 2.91. The monoisotopic (exact) mass is 266 g/mol. The molecular formula is C16H20F2O. The van der Waals surface area contributed by atoms with Crippen LogP contribution in [-0.4, -0.2) is 7.11 Å². The van der Waals surface area contributed by atoms with Gasteiger partial charge in [-0.2, -0.15) is 4.39 Å². The number of allylic oxidation sites excluding steroid dienone is 2. The first-order chi connectivity index (χ1) is 9.17. The van der Waals surface area contributed by atoms with Crippen LogP contribution in [0.4, 0.5) is 8.78 Å². The zero-order valence-corrected chi connectivity index (χ0v) is 11.5. The van der Waals surface area contributed by atoms with Gasteiger partial charge in [0.25, 0.3) is 0 Å². The molecule has 19 heavy (non-hydrogen) atoms. The molecule has 1 aromatic rings. The number of rotatable bonds is 3. The van der Waals surface area contributed by atoms with E-state index >= 15 is 0 Å². The standard InChI is InChI=1S/C16H20F2O/c1-3-4-11-5-7-12(8-6-11)13-9-10-14(19-2)16(18)15(13)17/h3-4,9-12H,5-8H2,1-2H3/b4-3+. The van der Waals surface area contributed by atoms with Gasteiger partial charge in [0.2, 0.25) is 5.82 Å². The minimum Gasteiger partial charge on any atom is -0.494 e. The predicted octanol–water partition coefficient (Wildman–Crippen LogP) is 4.82. The van der Waals surface area contributed by atoms with Crippen molar-refractivity contribution in [3.05, 3.63) is 41.5 Å². The van der Waals surface area contributed by atoms with E-state index in [1.165, 1.54) is 13.2 Å². The van der Waals surface area contributed by atoms with Crippen molar-refractivity contribution < 1.29 is 13.5 Å². The summed E-state index contributed by atoms with van der Waals surface area (Å²) in [4.78, 5) is 0. The number of halogens is 2. The van der Waals surface area contributed by atoms with Crippen molar-refractivity contribution >= 4 is 0 Å². The first-order valence-corrected chi connectivity index (χ1v) is 6.82. The van der Waals surface area contributed by atoms with E-state index in [0.717, 1.165) is 25.7 Å². The highest BCUT2D eigenvalue weighted by Crippen LogP contribution is 2.38. The fraction of sp³-hybridized carbons (Fsp3) is 0.500. The average molecular weight is 266 g/mol. The maximum absolute atomic E-state index is 14.0. The van der Waals surface area contributed by atoms with Crippen molar-refractivity contribution in [1.82, 2.24) is 0 Å². The molecule has 2 rings (SSSR count). The van der Waals surface area contributed by atoms with E-state index < -0.39 is 11.6 Å². The van der Waals surface area contributed by atoms with Crippen LogP contribution in [0.25, 0.3) is 0 Å². The van der Waals surface area contributed by atoms with Crippen molar-refractivity contribution in [3.8, 4) is 5.75 Å². The lowest BCUT2D eigenvalue weighted by Gasteiger charge is -2.27. The molecule has 0 bridgehead atoms. The Balaban J connectivity index is 2.14. The summed E-state index contributed by atoms with van der Waals surface area (Å²) in [6.07, 6.45) is 8.19. The van der Waals surface area contributed by atoms with Crippen LogP contribution in [0.1, 0.15) is 44.1 Å². The predicted molar refractivity (Wildman–Crippen MR) is 72.4 cm³/mol. The Bertz CT molecular complexity index is 460. The summed E-state index contributed by atoms with van der Waals surface area (Å²) in [5, 5.41) is 0. The van der Waals surface area contributed by atoms with Crippen LogP contribution < -0.4 is 4.74 Å². The van der Waals surface area contributed by atoms with Gasteiger partial charge in [-0.25, -0.2) is 4.39 Å². The zero-order chi connectivity index (χ0) is 13.8. The number of methoxy groups -OCH3 is 1.